The average Bonchev–Trinajstić information content (AvgIpc) is 2.44. The Balaban J connectivity index is 2.44. The third kappa shape index (κ3) is 7.31. The Morgan fingerprint density at radius 1 is 1.24 bits per heavy atom. The molecule has 0 saturated heterocycles. The lowest BCUT2D eigenvalue weighted by Gasteiger charge is -2.10. The zero-order valence-corrected chi connectivity index (χ0v) is 12.7. The summed E-state index contributed by atoms with van der Waals surface area (Å²) in [5.74, 6) is 0.271. The van der Waals surface area contributed by atoms with E-state index < -0.39 is 0 Å². The van der Waals surface area contributed by atoms with Gasteiger partial charge in [0.1, 0.15) is 5.75 Å². The van der Waals surface area contributed by atoms with Gasteiger partial charge in [-0.15, -0.1) is 0 Å². The Hall–Kier alpha value is -2.08. The van der Waals surface area contributed by atoms with Gasteiger partial charge in [0.05, 0.1) is 0 Å². The number of rotatable bonds is 8. The lowest BCUT2D eigenvalue weighted by molar-refractivity contribution is -0.122. The first kappa shape index (κ1) is 17.0. The number of amides is 2. The number of benzene rings is 1. The van der Waals surface area contributed by atoms with E-state index in [0.717, 1.165) is 0 Å². The quantitative estimate of drug-likeness (QED) is 0.671. The molecule has 6 nitrogen and oxygen atoms in total. The van der Waals surface area contributed by atoms with Crippen LogP contribution in [0.4, 0.5) is 5.69 Å². The van der Waals surface area contributed by atoms with Crippen LogP contribution in [0.3, 0.4) is 0 Å². The summed E-state index contributed by atoms with van der Waals surface area (Å²) in [6.07, 6.45) is 0.404. The maximum Gasteiger partial charge on any atom is 0.257 e. The fourth-order valence-corrected chi connectivity index (χ4v) is 1.58. The van der Waals surface area contributed by atoms with Crippen LogP contribution in [-0.2, 0) is 9.59 Å². The van der Waals surface area contributed by atoms with Crippen LogP contribution in [0, 0.1) is 0 Å². The van der Waals surface area contributed by atoms with E-state index in [-0.39, 0.29) is 18.4 Å². The van der Waals surface area contributed by atoms with Gasteiger partial charge in [-0.05, 0) is 12.1 Å². The highest BCUT2D eigenvalue weighted by molar-refractivity contribution is 5.91. The van der Waals surface area contributed by atoms with Crippen LogP contribution in [-0.4, -0.2) is 38.1 Å². The second-order valence-electron chi connectivity index (χ2n) is 4.90. The molecule has 0 spiro atoms. The molecule has 0 bridgehead atoms. The molecule has 0 saturated carbocycles. The number of nitrogens with one attached hydrogen (secondary N) is 3. The molecule has 0 aliphatic carbocycles. The molecule has 0 heterocycles. The second kappa shape index (κ2) is 8.97. The summed E-state index contributed by atoms with van der Waals surface area (Å²) in [5, 5.41) is 8.45. The minimum absolute atomic E-state index is 0.0494. The van der Waals surface area contributed by atoms with Crippen LogP contribution in [0.1, 0.15) is 20.3 Å². The van der Waals surface area contributed by atoms with Crippen molar-refractivity contribution in [2.24, 2.45) is 0 Å². The van der Waals surface area contributed by atoms with E-state index in [4.69, 9.17) is 4.74 Å². The van der Waals surface area contributed by atoms with Crippen molar-refractivity contribution < 1.29 is 14.3 Å². The minimum atomic E-state index is -0.204. The van der Waals surface area contributed by atoms with Gasteiger partial charge in [-0.2, -0.15) is 0 Å². The summed E-state index contributed by atoms with van der Waals surface area (Å²) < 4.78 is 5.32. The monoisotopic (exact) mass is 293 g/mol. The van der Waals surface area contributed by atoms with Crippen molar-refractivity contribution in [2.75, 3.05) is 25.5 Å². The molecule has 0 fully saturated rings. The molecule has 1 aromatic rings. The first-order valence-electron chi connectivity index (χ1n) is 6.98. The van der Waals surface area contributed by atoms with E-state index in [0.29, 0.717) is 30.4 Å². The molecule has 0 aliphatic rings. The van der Waals surface area contributed by atoms with E-state index in [2.05, 4.69) is 16.0 Å². The van der Waals surface area contributed by atoms with Crippen molar-refractivity contribution in [3.63, 3.8) is 0 Å². The fraction of sp³-hybridized carbons (Fsp3) is 0.467. The van der Waals surface area contributed by atoms with Crippen LogP contribution in [0.2, 0.25) is 0 Å². The molecule has 0 unspecified atom stereocenters. The Bertz CT molecular complexity index is 475. The van der Waals surface area contributed by atoms with Gasteiger partial charge in [0.15, 0.2) is 6.61 Å². The number of carbonyl (C=O) groups excluding carboxylic acids is 2. The van der Waals surface area contributed by atoms with Crippen LogP contribution in [0.25, 0.3) is 0 Å². The molecular weight excluding hydrogens is 270 g/mol. The van der Waals surface area contributed by atoms with Gasteiger partial charge in [0.2, 0.25) is 5.91 Å². The third-order valence-electron chi connectivity index (χ3n) is 2.67. The Kier molecular flexibility index (Phi) is 7.25. The lowest BCUT2D eigenvalue weighted by atomic mass is 10.3. The van der Waals surface area contributed by atoms with Gasteiger partial charge >= 0.3 is 0 Å². The normalized spacial score (nSPS) is 10.3. The van der Waals surface area contributed by atoms with Gasteiger partial charge in [-0.1, -0.05) is 19.9 Å². The number of ether oxygens (including phenoxy) is 1. The van der Waals surface area contributed by atoms with E-state index in [9.17, 15) is 9.59 Å². The first-order chi connectivity index (χ1) is 10.0. The standard InChI is InChI=1S/C15H23N3O3/c1-11(2)17-8-7-14(19)18-12-5-4-6-13(9-12)21-10-15(20)16-3/h4-6,9,11,17H,7-8,10H2,1-3H3,(H,16,20)(H,18,19). The van der Waals surface area contributed by atoms with Gasteiger partial charge in [-0.3, -0.25) is 9.59 Å². The van der Waals surface area contributed by atoms with Gasteiger partial charge in [0.25, 0.3) is 5.91 Å². The SMILES string of the molecule is CNC(=O)COc1cccc(NC(=O)CCNC(C)C)c1. The highest BCUT2D eigenvalue weighted by Crippen LogP contribution is 2.17. The molecule has 0 radical (unpaired) electrons. The highest BCUT2D eigenvalue weighted by atomic mass is 16.5. The van der Waals surface area contributed by atoms with Crippen LogP contribution in [0.15, 0.2) is 24.3 Å². The van der Waals surface area contributed by atoms with Crippen molar-refractivity contribution in [1.29, 1.82) is 0 Å². The van der Waals surface area contributed by atoms with Crippen LogP contribution >= 0.6 is 0 Å². The van der Waals surface area contributed by atoms with Gasteiger partial charge in [0, 0.05) is 37.8 Å². The van der Waals surface area contributed by atoms with Gasteiger partial charge in [-0.25, -0.2) is 0 Å². The zero-order chi connectivity index (χ0) is 15.7. The minimum Gasteiger partial charge on any atom is -0.484 e. The number of carbonyl (C=O) groups is 2. The van der Waals surface area contributed by atoms with E-state index in [1.54, 1.807) is 31.3 Å². The summed E-state index contributed by atoms with van der Waals surface area (Å²) in [6, 6.07) is 7.33. The summed E-state index contributed by atoms with van der Waals surface area (Å²) in [5.41, 5.74) is 0.652. The Morgan fingerprint density at radius 3 is 2.67 bits per heavy atom. The summed E-state index contributed by atoms with van der Waals surface area (Å²) in [4.78, 5) is 22.9. The molecule has 21 heavy (non-hydrogen) atoms. The van der Waals surface area contributed by atoms with Crippen molar-refractivity contribution in [3.05, 3.63) is 24.3 Å². The molecule has 1 rings (SSSR count). The Morgan fingerprint density at radius 2 is 2.00 bits per heavy atom. The van der Waals surface area contributed by atoms with E-state index in [1.165, 1.54) is 0 Å². The molecule has 2 amide bonds. The molecule has 0 atom stereocenters. The van der Waals surface area contributed by atoms with Crippen LogP contribution in [0.5, 0.6) is 5.75 Å². The van der Waals surface area contributed by atoms with E-state index in [1.807, 2.05) is 13.8 Å². The van der Waals surface area contributed by atoms with Crippen molar-refractivity contribution in [2.45, 2.75) is 26.3 Å². The molecule has 0 aromatic heterocycles. The molecule has 1 aromatic carbocycles. The van der Waals surface area contributed by atoms with Gasteiger partial charge < -0.3 is 20.7 Å². The molecule has 116 valence electrons. The second-order valence-corrected chi connectivity index (χ2v) is 4.90. The number of likely N-dealkylation sites (N-methyl/N-ethyl adjacent to an activating group) is 1. The first-order valence-corrected chi connectivity index (χ1v) is 6.98. The number of hydrogen-bond donors (Lipinski definition) is 3. The molecule has 6 heteroatoms. The van der Waals surface area contributed by atoms with Crippen molar-refractivity contribution in [1.82, 2.24) is 10.6 Å². The summed E-state index contributed by atoms with van der Waals surface area (Å²) in [7, 11) is 1.55. The predicted octanol–water partition coefficient (Wildman–Crippen LogP) is 1.14. The largest absolute Gasteiger partial charge is 0.484 e. The maximum atomic E-state index is 11.8. The summed E-state index contributed by atoms with van der Waals surface area (Å²) in [6.45, 7) is 4.65. The molecular formula is C15H23N3O3. The van der Waals surface area contributed by atoms with Crippen molar-refractivity contribution >= 4 is 17.5 Å². The Labute approximate surface area is 125 Å². The zero-order valence-electron chi connectivity index (χ0n) is 12.7. The topological polar surface area (TPSA) is 79.5 Å². The molecule has 0 aliphatic heterocycles. The number of hydrogen-bond acceptors (Lipinski definition) is 4. The van der Waals surface area contributed by atoms with Crippen LogP contribution < -0.4 is 20.7 Å². The average molecular weight is 293 g/mol. The highest BCUT2D eigenvalue weighted by Gasteiger charge is 2.05. The van der Waals surface area contributed by atoms with Crippen molar-refractivity contribution in [3.8, 4) is 5.75 Å². The number of anilines is 1. The smallest absolute Gasteiger partial charge is 0.257 e. The summed E-state index contributed by atoms with van der Waals surface area (Å²) >= 11 is 0. The predicted molar refractivity (Wildman–Crippen MR) is 82.4 cm³/mol. The maximum absolute atomic E-state index is 11.8. The molecule has 3 N–H and O–H groups in total. The van der Waals surface area contributed by atoms with E-state index >= 15 is 0 Å². The third-order valence-corrected chi connectivity index (χ3v) is 2.67. The lowest BCUT2D eigenvalue weighted by Crippen LogP contribution is -2.27. The fourth-order valence-electron chi connectivity index (χ4n) is 1.58.